The van der Waals surface area contributed by atoms with E-state index in [9.17, 15) is 4.79 Å². The monoisotopic (exact) mass is 269 g/mol. The minimum Gasteiger partial charge on any atom is -0.378 e. The fraction of sp³-hybridized carbons (Fsp3) is 0.929. The van der Waals surface area contributed by atoms with Gasteiger partial charge < -0.3 is 21.1 Å². The second-order valence-corrected chi connectivity index (χ2v) is 5.96. The third kappa shape index (κ3) is 3.46. The van der Waals surface area contributed by atoms with Crippen molar-refractivity contribution in [3.05, 3.63) is 0 Å². The van der Waals surface area contributed by atoms with Gasteiger partial charge in [0.15, 0.2) is 0 Å². The first-order chi connectivity index (χ1) is 9.05. The summed E-state index contributed by atoms with van der Waals surface area (Å²) in [4.78, 5) is 14.0. The highest BCUT2D eigenvalue weighted by atomic mass is 16.5. The maximum Gasteiger partial charge on any atom is 0.237 e. The summed E-state index contributed by atoms with van der Waals surface area (Å²) in [6.07, 6.45) is 6.14. The van der Waals surface area contributed by atoms with Crippen LogP contribution in [-0.2, 0) is 9.53 Å². The van der Waals surface area contributed by atoms with Crippen LogP contribution >= 0.6 is 0 Å². The summed E-state index contributed by atoms with van der Waals surface area (Å²) in [5.41, 5.74) is 10.8. The van der Waals surface area contributed by atoms with Crippen LogP contribution in [0.25, 0.3) is 0 Å². The second kappa shape index (κ2) is 6.20. The predicted molar refractivity (Wildman–Crippen MR) is 74.6 cm³/mol. The normalized spacial score (nSPS) is 34.3. The summed E-state index contributed by atoms with van der Waals surface area (Å²) in [7, 11) is 0. The van der Waals surface area contributed by atoms with E-state index in [2.05, 4.69) is 4.90 Å². The average Bonchev–Trinajstić information content (AvgIpc) is 2.40. The van der Waals surface area contributed by atoms with E-state index in [0.29, 0.717) is 18.6 Å². The first-order valence-electron chi connectivity index (χ1n) is 7.49. The lowest BCUT2D eigenvalue weighted by Gasteiger charge is -2.43. The molecule has 0 aromatic heterocycles. The highest BCUT2D eigenvalue weighted by molar-refractivity contribution is 5.84. The fourth-order valence-electron chi connectivity index (χ4n) is 3.46. The number of rotatable bonds is 4. The summed E-state index contributed by atoms with van der Waals surface area (Å²) >= 11 is 0. The molecule has 2 unspecified atom stereocenters. The summed E-state index contributed by atoms with van der Waals surface area (Å²) in [5, 5.41) is 0. The first-order valence-corrected chi connectivity index (χ1v) is 7.49. The zero-order chi connectivity index (χ0) is 13.9. The summed E-state index contributed by atoms with van der Waals surface area (Å²) in [5.74, 6) is -0.346. The van der Waals surface area contributed by atoms with Crippen LogP contribution in [0.5, 0.6) is 0 Å². The van der Waals surface area contributed by atoms with Crippen molar-refractivity contribution in [3.8, 4) is 0 Å². The highest BCUT2D eigenvalue weighted by Crippen LogP contribution is 2.31. The van der Waals surface area contributed by atoms with Gasteiger partial charge in [0.2, 0.25) is 5.91 Å². The molecule has 1 saturated heterocycles. The summed E-state index contributed by atoms with van der Waals surface area (Å²) in [6, 6.07) is 0.411. The largest absolute Gasteiger partial charge is 0.378 e. The molecule has 1 aliphatic heterocycles. The summed E-state index contributed by atoms with van der Waals surface area (Å²) < 4.78 is 5.67. The van der Waals surface area contributed by atoms with Gasteiger partial charge >= 0.3 is 0 Å². The molecular formula is C14H27N3O2. The number of piperidine rings is 1. The van der Waals surface area contributed by atoms with Crippen LogP contribution in [0.2, 0.25) is 0 Å². The van der Waals surface area contributed by atoms with Crippen molar-refractivity contribution in [2.45, 2.75) is 63.1 Å². The Balaban J connectivity index is 1.87. The van der Waals surface area contributed by atoms with Gasteiger partial charge in [-0.3, -0.25) is 4.79 Å². The third-order valence-corrected chi connectivity index (χ3v) is 4.65. The summed E-state index contributed by atoms with van der Waals surface area (Å²) in [6.45, 7) is 4.93. The topological polar surface area (TPSA) is 81.6 Å². The fourth-order valence-corrected chi connectivity index (χ4v) is 3.46. The van der Waals surface area contributed by atoms with E-state index >= 15 is 0 Å². The van der Waals surface area contributed by atoms with Gasteiger partial charge in [0.1, 0.15) is 0 Å². The minimum absolute atomic E-state index is 0.346. The molecule has 2 rings (SSSR count). The number of primary amides is 1. The zero-order valence-corrected chi connectivity index (χ0v) is 11.9. The molecule has 110 valence electrons. The second-order valence-electron chi connectivity index (χ2n) is 5.96. The Morgan fingerprint density at radius 2 is 2.05 bits per heavy atom. The number of carbonyl (C=O) groups excluding carboxylic acids is 1. The number of likely N-dealkylation sites (tertiary alicyclic amines) is 1. The molecule has 1 amide bonds. The number of nitrogens with two attached hydrogens (primary N) is 2. The Kier molecular flexibility index (Phi) is 4.81. The Morgan fingerprint density at radius 3 is 2.63 bits per heavy atom. The molecular weight excluding hydrogens is 242 g/mol. The van der Waals surface area contributed by atoms with Gasteiger partial charge in [-0.25, -0.2) is 0 Å². The smallest absolute Gasteiger partial charge is 0.237 e. The maximum atomic E-state index is 11.5. The van der Waals surface area contributed by atoms with Crippen LogP contribution in [0, 0.1) is 0 Å². The standard InChI is InChI=1S/C14H27N3O2/c1-2-19-12-5-8-17(9-6-12)11-4-3-7-14(16,10-11)13(15)18/h11-12H,2-10,16H2,1H3,(H2,15,18). The third-order valence-electron chi connectivity index (χ3n) is 4.65. The molecule has 2 aliphatic rings. The van der Waals surface area contributed by atoms with Gasteiger partial charge in [-0.2, -0.15) is 0 Å². The average molecular weight is 269 g/mol. The van der Waals surface area contributed by atoms with Gasteiger partial charge in [0.05, 0.1) is 11.6 Å². The van der Waals surface area contributed by atoms with Gasteiger partial charge in [0, 0.05) is 25.7 Å². The molecule has 5 heteroatoms. The molecule has 1 aliphatic carbocycles. The van der Waals surface area contributed by atoms with Crippen LogP contribution in [0.3, 0.4) is 0 Å². The van der Waals surface area contributed by atoms with E-state index in [0.717, 1.165) is 51.8 Å². The van der Waals surface area contributed by atoms with Crippen LogP contribution < -0.4 is 11.5 Å². The Bertz CT molecular complexity index is 316. The van der Waals surface area contributed by atoms with Crippen LogP contribution in [0.4, 0.5) is 0 Å². The van der Waals surface area contributed by atoms with Gasteiger partial charge in [-0.05, 0) is 45.4 Å². The van der Waals surface area contributed by atoms with Crippen molar-refractivity contribution in [2.75, 3.05) is 19.7 Å². The molecule has 0 radical (unpaired) electrons. The van der Waals surface area contributed by atoms with Gasteiger partial charge in [-0.15, -0.1) is 0 Å². The number of carbonyl (C=O) groups is 1. The van der Waals surface area contributed by atoms with Crippen molar-refractivity contribution in [2.24, 2.45) is 11.5 Å². The van der Waals surface area contributed by atoms with Crippen LogP contribution in [0.1, 0.15) is 45.4 Å². The zero-order valence-electron chi connectivity index (χ0n) is 11.9. The number of hydrogen-bond donors (Lipinski definition) is 2. The Hall–Kier alpha value is -0.650. The Labute approximate surface area is 115 Å². The van der Waals surface area contributed by atoms with Crippen molar-refractivity contribution in [3.63, 3.8) is 0 Å². The number of amides is 1. The predicted octanol–water partition coefficient (Wildman–Crippen LogP) is 0.613. The quantitative estimate of drug-likeness (QED) is 0.783. The molecule has 4 N–H and O–H groups in total. The molecule has 2 fully saturated rings. The lowest BCUT2D eigenvalue weighted by molar-refractivity contribution is -0.125. The van der Waals surface area contributed by atoms with Gasteiger partial charge in [0.25, 0.3) is 0 Å². The molecule has 0 aromatic carbocycles. The van der Waals surface area contributed by atoms with Crippen LogP contribution in [-0.4, -0.2) is 48.2 Å². The van der Waals surface area contributed by atoms with Crippen molar-refractivity contribution < 1.29 is 9.53 Å². The number of ether oxygens (including phenoxy) is 1. The molecule has 0 spiro atoms. The van der Waals surface area contributed by atoms with Crippen LogP contribution in [0.15, 0.2) is 0 Å². The van der Waals surface area contributed by atoms with Gasteiger partial charge in [-0.1, -0.05) is 0 Å². The maximum absolute atomic E-state index is 11.5. The van der Waals surface area contributed by atoms with E-state index < -0.39 is 5.54 Å². The molecule has 1 heterocycles. The highest BCUT2D eigenvalue weighted by Gasteiger charge is 2.40. The first kappa shape index (κ1) is 14.8. The number of nitrogens with zero attached hydrogens (tertiary/aromatic N) is 1. The van der Waals surface area contributed by atoms with E-state index in [1.54, 1.807) is 0 Å². The lowest BCUT2D eigenvalue weighted by atomic mass is 9.78. The molecule has 1 saturated carbocycles. The molecule has 19 heavy (non-hydrogen) atoms. The SMILES string of the molecule is CCOC1CCN(C2CCCC(N)(C(N)=O)C2)CC1. The Morgan fingerprint density at radius 1 is 1.37 bits per heavy atom. The molecule has 0 aromatic rings. The molecule has 2 atom stereocenters. The minimum atomic E-state index is -0.792. The van der Waals surface area contributed by atoms with E-state index in [1.165, 1.54) is 0 Å². The van der Waals surface area contributed by atoms with Crippen molar-refractivity contribution in [1.82, 2.24) is 4.90 Å². The lowest BCUT2D eigenvalue weighted by Crippen LogP contribution is -2.59. The molecule has 0 bridgehead atoms. The molecule has 5 nitrogen and oxygen atoms in total. The van der Waals surface area contributed by atoms with Crippen molar-refractivity contribution >= 4 is 5.91 Å². The van der Waals surface area contributed by atoms with E-state index in [4.69, 9.17) is 16.2 Å². The van der Waals surface area contributed by atoms with Crippen molar-refractivity contribution in [1.29, 1.82) is 0 Å². The number of hydrogen-bond acceptors (Lipinski definition) is 4. The van der Waals surface area contributed by atoms with E-state index in [-0.39, 0.29) is 5.91 Å². The van der Waals surface area contributed by atoms with E-state index in [1.807, 2.05) is 6.92 Å².